The lowest BCUT2D eigenvalue weighted by molar-refractivity contribution is 0.142. The second kappa shape index (κ2) is 9.75. The summed E-state index contributed by atoms with van der Waals surface area (Å²) < 4.78 is 11.7. The largest absolute Gasteiger partial charge is 0.489 e. The third-order valence-electron chi connectivity index (χ3n) is 3.36. The third kappa shape index (κ3) is 6.77. The fourth-order valence-electron chi connectivity index (χ4n) is 2.05. The molecule has 0 saturated heterocycles. The van der Waals surface area contributed by atoms with Crippen LogP contribution in [0.15, 0.2) is 18.2 Å². The lowest BCUT2D eigenvalue weighted by atomic mass is 10.00. The summed E-state index contributed by atoms with van der Waals surface area (Å²) in [6.45, 7) is 10.0. The van der Waals surface area contributed by atoms with E-state index in [0.717, 1.165) is 5.56 Å². The first-order valence-electron chi connectivity index (χ1n) is 8.38. The molecular weight excluding hydrogens is 292 g/mol. The van der Waals surface area contributed by atoms with Crippen molar-refractivity contribution in [3.05, 3.63) is 23.8 Å². The van der Waals surface area contributed by atoms with Gasteiger partial charge in [0.15, 0.2) is 11.5 Å². The molecule has 0 fully saturated rings. The fourth-order valence-corrected chi connectivity index (χ4v) is 2.05. The quantitative estimate of drug-likeness (QED) is 0.615. The predicted octanol–water partition coefficient (Wildman–Crippen LogP) is 2.47. The molecule has 1 rings (SSSR count). The Morgan fingerprint density at radius 1 is 1.00 bits per heavy atom. The molecule has 0 aromatic heterocycles. The van der Waals surface area contributed by atoms with Gasteiger partial charge in [0.1, 0.15) is 0 Å². The van der Waals surface area contributed by atoms with Crippen LogP contribution in [0.3, 0.4) is 0 Å². The number of hydrogen-bond donors (Lipinski definition) is 3. The monoisotopic (exact) mass is 324 g/mol. The average molecular weight is 324 g/mol. The van der Waals surface area contributed by atoms with Crippen LogP contribution in [-0.2, 0) is 0 Å². The number of nitrogens with two attached hydrogens (primary N) is 2. The average Bonchev–Trinajstić information content (AvgIpc) is 2.50. The van der Waals surface area contributed by atoms with Crippen molar-refractivity contribution in [1.82, 2.24) is 0 Å². The number of rotatable bonds is 10. The summed E-state index contributed by atoms with van der Waals surface area (Å²) in [4.78, 5) is 0. The van der Waals surface area contributed by atoms with Crippen LogP contribution in [0.1, 0.15) is 45.8 Å². The Balaban J connectivity index is 2.95. The molecule has 1 aromatic carbocycles. The van der Waals surface area contributed by atoms with E-state index in [1.807, 2.05) is 18.2 Å². The van der Waals surface area contributed by atoms with Crippen molar-refractivity contribution < 1.29 is 14.6 Å². The molecular formula is C18H32N2O3. The summed E-state index contributed by atoms with van der Waals surface area (Å²) in [5, 5.41) is 10.4. The molecule has 0 radical (unpaired) electrons. The van der Waals surface area contributed by atoms with Gasteiger partial charge in [-0.25, -0.2) is 0 Å². The van der Waals surface area contributed by atoms with Crippen molar-refractivity contribution in [3.8, 4) is 11.5 Å². The standard InChI is InChI=1S/C18H32N2O3/c1-12(2)10-22-16-6-5-14(18(21)15(20)7-8-19)9-17(16)23-11-13(3)4/h5-6,9,12-13,15,18,21H,7-8,10-11,19-20H2,1-4H3. The first-order valence-corrected chi connectivity index (χ1v) is 8.38. The third-order valence-corrected chi connectivity index (χ3v) is 3.36. The van der Waals surface area contributed by atoms with E-state index in [-0.39, 0.29) is 6.04 Å². The second-order valence-electron chi connectivity index (χ2n) is 6.80. The van der Waals surface area contributed by atoms with Crippen LogP contribution in [0, 0.1) is 11.8 Å². The molecule has 2 unspecified atom stereocenters. The minimum Gasteiger partial charge on any atom is -0.489 e. The van der Waals surface area contributed by atoms with Crippen molar-refractivity contribution >= 4 is 0 Å². The molecule has 2 atom stereocenters. The topological polar surface area (TPSA) is 90.7 Å². The number of hydrogen-bond acceptors (Lipinski definition) is 5. The van der Waals surface area contributed by atoms with Gasteiger partial charge >= 0.3 is 0 Å². The first kappa shape index (κ1) is 19.7. The van der Waals surface area contributed by atoms with Crippen LogP contribution >= 0.6 is 0 Å². The SMILES string of the molecule is CC(C)COc1ccc(C(O)C(N)CCN)cc1OCC(C)C. The number of aliphatic hydroxyl groups excluding tert-OH is 1. The zero-order valence-corrected chi connectivity index (χ0v) is 14.8. The highest BCUT2D eigenvalue weighted by atomic mass is 16.5. The Labute approximate surface area is 140 Å². The maximum atomic E-state index is 10.4. The van der Waals surface area contributed by atoms with Crippen molar-refractivity contribution in [2.75, 3.05) is 19.8 Å². The van der Waals surface area contributed by atoms with Crippen molar-refractivity contribution in [1.29, 1.82) is 0 Å². The first-order chi connectivity index (χ1) is 10.8. The summed E-state index contributed by atoms with van der Waals surface area (Å²) in [5.41, 5.74) is 12.2. The predicted molar refractivity (Wildman–Crippen MR) is 93.7 cm³/mol. The molecule has 23 heavy (non-hydrogen) atoms. The molecule has 0 saturated carbocycles. The number of ether oxygens (including phenoxy) is 2. The number of aliphatic hydroxyl groups is 1. The van der Waals surface area contributed by atoms with E-state index < -0.39 is 6.10 Å². The van der Waals surface area contributed by atoms with Gasteiger partial charge in [0, 0.05) is 6.04 Å². The molecule has 0 aliphatic carbocycles. The smallest absolute Gasteiger partial charge is 0.161 e. The second-order valence-corrected chi connectivity index (χ2v) is 6.80. The van der Waals surface area contributed by atoms with E-state index in [2.05, 4.69) is 27.7 Å². The van der Waals surface area contributed by atoms with E-state index in [4.69, 9.17) is 20.9 Å². The molecule has 0 spiro atoms. The Morgan fingerprint density at radius 2 is 1.57 bits per heavy atom. The molecule has 0 heterocycles. The summed E-state index contributed by atoms with van der Waals surface area (Å²) in [5.74, 6) is 2.18. The molecule has 0 amide bonds. The fraction of sp³-hybridized carbons (Fsp3) is 0.667. The molecule has 5 N–H and O–H groups in total. The number of benzene rings is 1. The highest BCUT2D eigenvalue weighted by Crippen LogP contribution is 2.32. The van der Waals surface area contributed by atoms with Gasteiger partial charge in [-0.15, -0.1) is 0 Å². The van der Waals surface area contributed by atoms with Crippen LogP contribution in [0.4, 0.5) is 0 Å². The Morgan fingerprint density at radius 3 is 2.09 bits per heavy atom. The van der Waals surface area contributed by atoms with Gasteiger partial charge < -0.3 is 26.0 Å². The normalized spacial score (nSPS) is 14.1. The van der Waals surface area contributed by atoms with E-state index in [1.54, 1.807) is 0 Å². The van der Waals surface area contributed by atoms with Gasteiger partial charge in [0.2, 0.25) is 0 Å². The maximum Gasteiger partial charge on any atom is 0.161 e. The zero-order chi connectivity index (χ0) is 17.4. The van der Waals surface area contributed by atoms with E-state index >= 15 is 0 Å². The summed E-state index contributed by atoms with van der Waals surface area (Å²) in [7, 11) is 0. The summed E-state index contributed by atoms with van der Waals surface area (Å²) in [6, 6.07) is 5.10. The van der Waals surface area contributed by atoms with Gasteiger partial charge in [0.05, 0.1) is 19.3 Å². The highest BCUT2D eigenvalue weighted by Gasteiger charge is 2.19. The molecule has 5 nitrogen and oxygen atoms in total. The zero-order valence-electron chi connectivity index (χ0n) is 14.8. The maximum absolute atomic E-state index is 10.4. The highest BCUT2D eigenvalue weighted by molar-refractivity contribution is 5.44. The molecule has 0 aliphatic rings. The molecule has 1 aromatic rings. The van der Waals surface area contributed by atoms with Gasteiger partial charge in [0.25, 0.3) is 0 Å². The van der Waals surface area contributed by atoms with E-state index in [0.29, 0.717) is 49.5 Å². The summed E-state index contributed by atoms with van der Waals surface area (Å²) in [6.07, 6.45) is -0.200. The van der Waals surface area contributed by atoms with Gasteiger partial charge in [-0.3, -0.25) is 0 Å². The van der Waals surface area contributed by atoms with Crippen LogP contribution in [0.2, 0.25) is 0 Å². The molecule has 132 valence electrons. The minimum absolute atomic E-state index is 0.389. The van der Waals surface area contributed by atoms with Crippen LogP contribution in [0.25, 0.3) is 0 Å². The Kier molecular flexibility index (Phi) is 8.37. The van der Waals surface area contributed by atoms with Crippen molar-refractivity contribution in [2.45, 2.75) is 46.3 Å². The Bertz CT molecular complexity index is 464. The minimum atomic E-state index is -0.765. The van der Waals surface area contributed by atoms with Crippen LogP contribution < -0.4 is 20.9 Å². The Hall–Kier alpha value is -1.30. The van der Waals surface area contributed by atoms with Crippen LogP contribution in [0.5, 0.6) is 11.5 Å². The lowest BCUT2D eigenvalue weighted by Gasteiger charge is -2.21. The molecule has 0 bridgehead atoms. The summed E-state index contributed by atoms with van der Waals surface area (Å²) >= 11 is 0. The van der Waals surface area contributed by atoms with E-state index in [1.165, 1.54) is 0 Å². The van der Waals surface area contributed by atoms with Gasteiger partial charge in [-0.05, 0) is 42.5 Å². The van der Waals surface area contributed by atoms with Gasteiger partial charge in [-0.1, -0.05) is 33.8 Å². The van der Waals surface area contributed by atoms with Crippen molar-refractivity contribution in [3.63, 3.8) is 0 Å². The molecule has 0 aliphatic heterocycles. The van der Waals surface area contributed by atoms with Crippen molar-refractivity contribution in [2.24, 2.45) is 23.3 Å². The van der Waals surface area contributed by atoms with Gasteiger partial charge in [-0.2, -0.15) is 0 Å². The molecule has 5 heteroatoms. The van der Waals surface area contributed by atoms with Crippen LogP contribution in [-0.4, -0.2) is 30.9 Å². The lowest BCUT2D eigenvalue weighted by Crippen LogP contribution is -2.30. The van der Waals surface area contributed by atoms with E-state index in [9.17, 15) is 5.11 Å².